The normalized spacial score (nSPS) is 32.2. The molecule has 72 valence electrons. The van der Waals surface area contributed by atoms with Gasteiger partial charge in [-0.3, -0.25) is 0 Å². The van der Waals surface area contributed by atoms with E-state index in [4.69, 9.17) is 4.74 Å². The molecule has 0 N–H and O–H groups in total. The third-order valence-corrected chi connectivity index (χ3v) is 3.26. The van der Waals surface area contributed by atoms with E-state index < -0.39 is 0 Å². The lowest BCUT2D eigenvalue weighted by molar-refractivity contribution is 0.177. The number of ether oxygens (including phenoxy) is 1. The molecule has 0 aliphatic carbocycles. The van der Waals surface area contributed by atoms with Gasteiger partial charge in [0.05, 0.1) is 0 Å². The molecule has 0 aromatic heterocycles. The second-order valence-corrected chi connectivity index (χ2v) is 4.21. The Morgan fingerprint density at radius 1 is 1.25 bits per heavy atom. The van der Waals surface area contributed by atoms with E-state index in [0.717, 1.165) is 31.0 Å². The van der Waals surface area contributed by atoms with E-state index in [1.54, 1.807) is 0 Å². The zero-order valence-corrected chi connectivity index (χ0v) is 8.68. The second kappa shape index (κ2) is 4.86. The third-order valence-electron chi connectivity index (χ3n) is 3.26. The first-order valence-electron chi connectivity index (χ1n) is 5.35. The molecule has 0 saturated carbocycles. The molecule has 3 atom stereocenters. The Hall–Kier alpha value is -0.0400. The summed E-state index contributed by atoms with van der Waals surface area (Å²) in [6.45, 7) is 8.94. The first-order valence-corrected chi connectivity index (χ1v) is 5.35. The fourth-order valence-electron chi connectivity index (χ4n) is 2.04. The average Bonchev–Trinajstić information content (AvgIpc) is 2.51. The highest BCUT2D eigenvalue weighted by Gasteiger charge is 2.27. The minimum absolute atomic E-state index is 0.846. The molecule has 0 bridgehead atoms. The molecule has 1 aliphatic rings. The fourth-order valence-corrected chi connectivity index (χ4v) is 2.04. The molecule has 12 heavy (non-hydrogen) atoms. The van der Waals surface area contributed by atoms with E-state index in [-0.39, 0.29) is 0 Å². The van der Waals surface area contributed by atoms with E-state index in [1.165, 1.54) is 19.3 Å². The molecule has 1 saturated heterocycles. The lowest BCUT2D eigenvalue weighted by atomic mass is 9.85. The lowest BCUT2D eigenvalue weighted by Gasteiger charge is -2.18. The maximum atomic E-state index is 5.51. The van der Waals surface area contributed by atoms with Crippen LogP contribution < -0.4 is 0 Å². The molecule has 0 amide bonds. The predicted molar refractivity (Wildman–Crippen MR) is 52.2 cm³/mol. The van der Waals surface area contributed by atoms with Gasteiger partial charge < -0.3 is 4.74 Å². The summed E-state index contributed by atoms with van der Waals surface area (Å²) < 4.78 is 5.51. The second-order valence-electron chi connectivity index (χ2n) is 4.21. The van der Waals surface area contributed by atoms with Crippen LogP contribution in [-0.4, -0.2) is 13.2 Å². The van der Waals surface area contributed by atoms with Crippen molar-refractivity contribution in [1.29, 1.82) is 0 Å². The quantitative estimate of drug-likeness (QED) is 0.630. The first-order chi connectivity index (χ1) is 5.77. The van der Waals surface area contributed by atoms with Crippen molar-refractivity contribution in [2.75, 3.05) is 13.2 Å². The predicted octanol–water partition coefficient (Wildman–Crippen LogP) is 3.10. The molecule has 3 unspecified atom stereocenters. The standard InChI is InChI=1S/C11H22O/c1-4-9(3)6-11-8-12-7-10(11)5-2/h9-11H,4-8H2,1-3H3. The van der Waals surface area contributed by atoms with E-state index in [1.807, 2.05) is 0 Å². The third kappa shape index (κ3) is 2.48. The highest BCUT2D eigenvalue weighted by atomic mass is 16.5. The Morgan fingerprint density at radius 2 is 1.92 bits per heavy atom. The van der Waals surface area contributed by atoms with Gasteiger partial charge in [0.2, 0.25) is 0 Å². The fraction of sp³-hybridized carbons (Fsp3) is 1.00. The number of hydrogen-bond acceptors (Lipinski definition) is 1. The zero-order valence-electron chi connectivity index (χ0n) is 8.68. The van der Waals surface area contributed by atoms with Crippen LogP contribution in [0.3, 0.4) is 0 Å². The summed E-state index contributed by atoms with van der Waals surface area (Å²) in [5, 5.41) is 0. The number of hydrogen-bond donors (Lipinski definition) is 0. The van der Waals surface area contributed by atoms with Crippen LogP contribution in [0.5, 0.6) is 0 Å². The maximum Gasteiger partial charge on any atom is 0.0498 e. The minimum atomic E-state index is 0.846. The maximum absolute atomic E-state index is 5.51. The topological polar surface area (TPSA) is 9.23 Å². The Morgan fingerprint density at radius 3 is 2.50 bits per heavy atom. The summed E-state index contributed by atoms with van der Waals surface area (Å²) in [6, 6.07) is 0. The van der Waals surface area contributed by atoms with Crippen molar-refractivity contribution >= 4 is 0 Å². The van der Waals surface area contributed by atoms with Gasteiger partial charge in [0.15, 0.2) is 0 Å². The van der Waals surface area contributed by atoms with Crippen LogP contribution in [0.4, 0.5) is 0 Å². The largest absolute Gasteiger partial charge is 0.381 e. The Bertz CT molecular complexity index is 122. The van der Waals surface area contributed by atoms with Crippen LogP contribution >= 0.6 is 0 Å². The van der Waals surface area contributed by atoms with Crippen LogP contribution in [0.2, 0.25) is 0 Å². The van der Waals surface area contributed by atoms with Gasteiger partial charge in [-0.15, -0.1) is 0 Å². The molecule has 1 aliphatic heterocycles. The minimum Gasteiger partial charge on any atom is -0.381 e. The Kier molecular flexibility index (Phi) is 4.07. The van der Waals surface area contributed by atoms with Crippen molar-refractivity contribution in [1.82, 2.24) is 0 Å². The van der Waals surface area contributed by atoms with Crippen LogP contribution in [0, 0.1) is 17.8 Å². The van der Waals surface area contributed by atoms with Gasteiger partial charge in [-0.05, 0) is 24.2 Å². The van der Waals surface area contributed by atoms with Gasteiger partial charge in [0.25, 0.3) is 0 Å². The molecule has 0 aromatic carbocycles. The highest BCUT2D eigenvalue weighted by Crippen LogP contribution is 2.29. The number of rotatable bonds is 4. The van der Waals surface area contributed by atoms with Crippen molar-refractivity contribution in [3.05, 3.63) is 0 Å². The molecular formula is C11H22O. The average molecular weight is 170 g/mol. The van der Waals surface area contributed by atoms with Crippen molar-refractivity contribution in [3.63, 3.8) is 0 Å². The van der Waals surface area contributed by atoms with Crippen molar-refractivity contribution in [3.8, 4) is 0 Å². The summed E-state index contributed by atoms with van der Waals surface area (Å²) in [6.07, 6.45) is 3.98. The highest BCUT2D eigenvalue weighted by molar-refractivity contribution is 4.75. The van der Waals surface area contributed by atoms with E-state index in [2.05, 4.69) is 20.8 Å². The Labute approximate surface area is 76.5 Å². The smallest absolute Gasteiger partial charge is 0.0498 e. The molecule has 1 fully saturated rings. The van der Waals surface area contributed by atoms with Crippen LogP contribution in [-0.2, 0) is 4.74 Å². The molecule has 1 rings (SSSR count). The van der Waals surface area contributed by atoms with E-state index in [0.29, 0.717) is 0 Å². The monoisotopic (exact) mass is 170 g/mol. The summed E-state index contributed by atoms with van der Waals surface area (Å²) in [7, 11) is 0. The van der Waals surface area contributed by atoms with Gasteiger partial charge in [0, 0.05) is 13.2 Å². The summed E-state index contributed by atoms with van der Waals surface area (Å²) in [5.41, 5.74) is 0. The molecule has 0 radical (unpaired) electrons. The van der Waals surface area contributed by atoms with Crippen molar-refractivity contribution < 1.29 is 4.74 Å². The molecule has 0 aromatic rings. The van der Waals surface area contributed by atoms with Crippen LogP contribution in [0.15, 0.2) is 0 Å². The lowest BCUT2D eigenvalue weighted by Crippen LogP contribution is -2.14. The molecule has 0 spiro atoms. The van der Waals surface area contributed by atoms with Gasteiger partial charge in [0.1, 0.15) is 0 Å². The van der Waals surface area contributed by atoms with Gasteiger partial charge >= 0.3 is 0 Å². The Balaban J connectivity index is 2.30. The van der Waals surface area contributed by atoms with E-state index >= 15 is 0 Å². The van der Waals surface area contributed by atoms with Gasteiger partial charge in [-0.25, -0.2) is 0 Å². The van der Waals surface area contributed by atoms with Crippen molar-refractivity contribution in [2.45, 2.75) is 40.0 Å². The molecule has 1 heteroatoms. The zero-order chi connectivity index (χ0) is 8.97. The van der Waals surface area contributed by atoms with Crippen molar-refractivity contribution in [2.24, 2.45) is 17.8 Å². The molecular weight excluding hydrogens is 148 g/mol. The first kappa shape index (κ1) is 10.0. The van der Waals surface area contributed by atoms with E-state index in [9.17, 15) is 0 Å². The summed E-state index contributed by atoms with van der Waals surface area (Å²) in [5.74, 6) is 2.58. The van der Waals surface area contributed by atoms with Crippen LogP contribution in [0.1, 0.15) is 40.0 Å². The van der Waals surface area contributed by atoms with Gasteiger partial charge in [-0.1, -0.05) is 33.6 Å². The SMILES string of the molecule is CCC(C)CC1COCC1CC. The molecule has 1 nitrogen and oxygen atoms in total. The van der Waals surface area contributed by atoms with Crippen LogP contribution in [0.25, 0.3) is 0 Å². The summed E-state index contributed by atoms with van der Waals surface area (Å²) in [4.78, 5) is 0. The molecule has 1 heterocycles. The van der Waals surface area contributed by atoms with Gasteiger partial charge in [-0.2, -0.15) is 0 Å². The summed E-state index contributed by atoms with van der Waals surface area (Å²) >= 11 is 0.